The summed E-state index contributed by atoms with van der Waals surface area (Å²) in [6, 6.07) is 0. The van der Waals surface area contributed by atoms with Gasteiger partial charge in [-0.2, -0.15) is 0 Å². The fourth-order valence-electron chi connectivity index (χ4n) is 0.671. The lowest BCUT2D eigenvalue weighted by Gasteiger charge is -2.07. The van der Waals surface area contributed by atoms with E-state index < -0.39 is 0 Å². The molecule has 0 saturated carbocycles. The van der Waals surface area contributed by atoms with Gasteiger partial charge in [-0.1, -0.05) is 0 Å². The van der Waals surface area contributed by atoms with Crippen LogP contribution in [0.25, 0.3) is 0 Å². The van der Waals surface area contributed by atoms with Gasteiger partial charge in [-0.05, 0) is 0 Å². The maximum atomic E-state index is 5.43. The smallest absolute Gasteiger partial charge is 0.151 e. The molecule has 0 amide bonds. The molecule has 0 radical (unpaired) electrons. The van der Waals surface area contributed by atoms with E-state index in [2.05, 4.69) is 4.98 Å². The average Bonchev–Trinajstić information content (AvgIpc) is 1.97. The summed E-state index contributed by atoms with van der Waals surface area (Å²) >= 11 is 0. The Balaban J connectivity index is 0.00000121. The van der Waals surface area contributed by atoms with Crippen LogP contribution in [0.5, 0.6) is 0 Å². The van der Waals surface area contributed by atoms with Crippen molar-refractivity contribution < 1.29 is 0 Å². The monoisotopic (exact) mass is 190 g/mol. The van der Waals surface area contributed by atoms with Crippen LogP contribution in [0.1, 0.15) is 0 Å². The Kier molecular flexibility index (Phi) is 2.81. The second kappa shape index (κ2) is 3.22. The minimum Gasteiger partial charge on any atom is -0.395 e. The van der Waals surface area contributed by atoms with Crippen molar-refractivity contribution in [2.24, 2.45) is 0 Å². The highest BCUT2D eigenvalue weighted by Crippen LogP contribution is 2.30. The molecule has 0 saturated heterocycles. The van der Waals surface area contributed by atoms with Gasteiger partial charge >= 0.3 is 0 Å². The van der Waals surface area contributed by atoms with Gasteiger partial charge in [0, 0.05) is 0 Å². The van der Waals surface area contributed by atoms with Crippen LogP contribution in [0, 0.1) is 0 Å². The number of anilines is 5. The summed E-state index contributed by atoms with van der Waals surface area (Å²) in [5.41, 5.74) is 27.5. The Morgan fingerprint density at radius 2 is 1.00 bits per heavy atom. The van der Waals surface area contributed by atoms with Crippen LogP contribution < -0.4 is 28.7 Å². The summed E-state index contributed by atoms with van der Waals surface area (Å²) < 4.78 is 0. The first-order valence-corrected chi connectivity index (χ1v) is 2.89. The predicted octanol–water partition coefficient (Wildman–Crippen LogP) is -0.586. The molecule has 10 N–H and O–H groups in total. The number of nitrogen functional groups attached to an aromatic ring is 5. The van der Waals surface area contributed by atoms with E-state index in [1.165, 1.54) is 0 Å². The number of hydrogen-bond donors (Lipinski definition) is 5. The van der Waals surface area contributed by atoms with Gasteiger partial charge in [-0.15, -0.1) is 12.4 Å². The molecule has 1 aromatic rings. The van der Waals surface area contributed by atoms with Crippen LogP contribution in [0.3, 0.4) is 0 Å². The zero-order valence-corrected chi connectivity index (χ0v) is 7.06. The first-order chi connectivity index (χ1) is 5.04. The Hall–Kier alpha value is -1.56. The standard InChI is InChI=1S/C5H10N6.ClH/c6-1-2(7)4(9)11-5(10)3(1)8;/h7-8H2,(H6,6,9,10,11);1H. The van der Waals surface area contributed by atoms with Gasteiger partial charge < -0.3 is 28.7 Å². The molecule has 0 spiro atoms. The van der Waals surface area contributed by atoms with E-state index in [0.29, 0.717) is 0 Å². The fraction of sp³-hybridized carbons (Fsp3) is 0. The van der Waals surface area contributed by atoms with E-state index in [0.717, 1.165) is 0 Å². The number of rotatable bonds is 0. The quantitative estimate of drug-likeness (QED) is 0.370. The lowest BCUT2D eigenvalue weighted by molar-refractivity contribution is 1.35. The molecular formula is C5H11ClN6. The largest absolute Gasteiger partial charge is 0.395 e. The highest BCUT2D eigenvalue weighted by molar-refractivity contribution is 5.89. The van der Waals surface area contributed by atoms with E-state index in [4.69, 9.17) is 28.7 Å². The van der Waals surface area contributed by atoms with Gasteiger partial charge in [0.1, 0.15) is 0 Å². The molecule has 0 aromatic carbocycles. The van der Waals surface area contributed by atoms with Crippen molar-refractivity contribution in [2.45, 2.75) is 0 Å². The molecule has 0 bridgehead atoms. The second-order valence-electron chi connectivity index (χ2n) is 2.12. The Bertz CT molecular complexity index is 272. The molecule has 1 heterocycles. The maximum Gasteiger partial charge on any atom is 0.151 e. The summed E-state index contributed by atoms with van der Waals surface area (Å²) in [6.45, 7) is 0. The third-order valence-corrected chi connectivity index (χ3v) is 1.37. The van der Waals surface area contributed by atoms with Gasteiger partial charge in [0.2, 0.25) is 0 Å². The van der Waals surface area contributed by atoms with Crippen molar-refractivity contribution >= 4 is 41.1 Å². The van der Waals surface area contributed by atoms with Crippen molar-refractivity contribution in [3.8, 4) is 0 Å². The van der Waals surface area contributed by atoms with Crippen LogP contribution in [-0.2, 0) is 0 Å². The van der Waals surface area contributed by atoms with Crippen LogP contribution in [-0.4, -0.2) is 4.98 Å². The summed E-state index contributed by atoms with van der Waals surface area (Å²) in [4.78, 5) is 3.66. The van der Waals surface area contributed by atoms with E-state index in [1.54, 1.807) is 0 Å². The third kappa shape index (κ3) is 1.37. The van der Waals surface area contributed by atoms with Gasteiger partial charge in [-0.3, -0.25) is 0 Å². The Morgan fingerprint density at radius 3 is 1.33 bits per heavy atom. The third-order valence-electron chi connectivity index (χ3n) is 1.37. The average molecular weight is 191 g/mol. The zero-order valence-electron chi connectivity index (χ0n) is 6.24. The van der Waals surface area contributed by atoms with Crippen LogP contribution in [0.15, 0.2) is 0 Å². The minimum atomic E-state index is 0. The van der Waals surface area contributed by atoms with Gasteiger partial charge in [0.25, 0.3) is 0 Å². The maximum absolute atomic E-state index is 5.43. The van der Waals surface area contributed by atoms with Crippen LogP contribution >= 0.6 is 12.4 Å². The minimum absolute atomic E-state index is 0. The molecule has 7 heteroatoms. The predicted molar refractivity (Wildman–Crippen MR) is 53.5 cm³/mol. The number of hydrogen-bond acceptors (Lipinski definition) is 6. The molecule has 1 rings (SSSR count). The second-order valence-corrected chi connectivity index (χ2v) is 2.12. The van der Waals surface area contributed by atoms with Crippen molar-refractivity contribution in [3.05, 3.63) is 0 Å². The number of nitrogens with two attached hydrogens (primary N) is 5. The Morgan fingerprint density at radius 1 is 0.667 bits per heavy atom. The van der Waals surface area contributed by atoms with Gasteiger partial charge in [0.05, 0.1) is 17.1 Å². The molecule has 0 aliphatic rings. The van der Waals surface area contributed by atoms with E-state index in [9.17, 15) is 0 Å². The SMILES string of the molecule is Cl.Nc1nc(N)c(N)c(N)c1N. The normalized spacial score (nSPS) is 9.00. The zero-order chi connectivity index (χ0) is 8.59. The number of aromatic nitrogens is 1. The van der Waals surface area contributed by atoms with Crippen molar-refractivity contribution in [3.63, 3.8) is 0 Å². The molecular weight excluding hydrogens is 180 g/mol. The van der Waals surface area contributed by atoms with Gasteiger partial charge in [-0.25, -0.2) is 4.98 Å². The summed E-state index contributed by atoms with van der Waals surface area (Å²) in [7, 11) is 0. The molecule has 0 atom stereocenters. The van der Waals surface area contributed by atoms with Crippen molar-refractivity contribution in [2.75, 3.05) is 28.7 Å². The highest BCUT2D eigenvalue weighted by atomic mass is 35.5. The number of halogens is 1. The molecule has 68 valence electrons. The topological polar surface area (TPSA) is 143 Å². The first-order valence-electron chi connectivity index (χ1n) is 2.89. The fourth-order valence-corrected chi connectivity index (χ4v) is 0.671. The molecule has 0 aliphatic carbocycles. The highest BCUT2D eigenvalue weighted by Gasteiger charge is 2.08. The van der Waals surface area contributed by atoms with Crippen LogP contribution in [0.4, 0.5) is 28.7 Å². The summed E-state index contributed by atoms with van der Waals surface area (Å²) in [5.74, 6) is 0.211. The van der Waals surface area contributed by atoms with Gasteiger partial charge in [0.15, 0.2) is 11.6 Å². The molecule has 0 aliphatic heterocycles. The van der Waals surface area contributed by atoms with E-state index in [-0.39, 0.29) is 41.1 Å². The Labute approximate surface area is 75.5 Å². The summed E-state index contributed by atoms with van der Waals surface area (Å²) in [5, 5.41) is 0. The molecule has 1 aromatic heterocycles. The first kappa shape index (κ1) is 10.4. The molecule has 6 nitrogen and oxygen atoms in total. The molecule has 0 fully saturated rings. The lowest BCUT2D eigenvalue weighted by atomic mass is 10.3. The number of pyridine rings is 1. The summed E-state index contributed by atoms with van der Waals surface area (Å²) in [6.07, 6.45) is 0. The van der Waals surface area contributed by atoms with Crippen molar-refractivity contribution in [1.82, 2.24) is 4.98 Å². The van der Waals surface area contributed by atoms with Crippen molar-refractivity contribution in [1.29, 1.82) is 0 Å². The molecule has 12 heavy (non-hydrogen) atoms. The van der Waals surface area contributed by atoms with Crippen LogP contribution in [0.2, 0.25) is 0 Å². The van der Waals surface area contributed by atoms with E-state index >= 15 is 0 Å². The van der Waals surface area contributed by atoms with E-state index in [1.807, 2.05) is 0 Å². The molecule has 0 unspecified atom stereocenters. The number of nitrogens with zero attached hydrogens (tertiary/aromatic N) is 1. The lowest BCUT2D eigenvalue weighted by Crippen LogP contribution is -2.09.